The topological polar surface area (TPSA) is 57.0 Å². The van der Waals surface area contributed by atoms with Crippen molar-refractivity contribution in [2.24, 2.45) is 0 Å². The molecular formula is C34H19N3O2. The summed E-state index contributed by atoms with van der Waals surface area (Å²) in [6, 6.07) is 39.1. The molecule has 0 bridgehead atoms. The van der Waals surface area contributed by atoms with Gasteiger partial charge >= 0.3 is 0 Å². The Balaban J connectivity index is 1.47. The van der Waals surface area contributed by atoms with Gasteiger partial charge in [0.25, 0.3) is 0 Å². The number of aromatic nitrogens is 3. The van der Waals surface area contributed by atoms with Gasteiger partial charge in [-0.3, -0.25) is 4.57 Å². The van der Waals surface area contributed by atoms with Crippen LogP contribution in [0.25, 0.3) is 83.0 Å². The fourth-order valence-corrected chi connectivity index (χ4v) is 5.93. The number of rotatable bonds is 2. The van der Waals surface area contributed by atoms with Crippen LogP contribution in [0.3, 0.4) is 0 Å². The summed E-state index contributed by atoms with van der Waals surface area (Å²) in [7, 11) is 0. The van der Waals surface area contributed by atoms with Crippen molar-refractivity contribution in [1.82, 2.24) is 14.5 Å². The van der Waals surface area contributed by atoms with Crippen LogP contribution in [0, 0.1) is 0 Å². The first-order valence-corrected chi connectivity index (χ1v) is 12.9. The van der Waals surface area contributed by atoms with Crippen LogP contribution in [-0.2, 0) is 0 Å². The molecule has 4 aromatic heterocycles. The average Bonchev–Trinajstić information content (AvgIpc) is 3.66. The molecule has 0 saturated heterocycles. The van der Waals surface area contributed by atoms with Gasteiger partial charge in [0.15, 0.2) is 5.58 Å². The van der Waals surface area contributed by atoms with Crippen LogP contribution >= 0.6 is 0 Å². The van der Waals surface area contributed by atoms with Gasteiger partial charge in [-0.2, -0.15) is 0 Å². The van der Waals surface area contributed by atoms with Gasteiger partial charge in [0.2, 0.25) is 5.95 Å². The second-order valence-corrected chi connectivity index (χ2v) is 9.80. The molecule has 4 heterocycles. The molecule has 0 unspecified atom stereocenters. The number of para-hydroxylation sites is 3. The van der Waals surface area contributed by atoms with E-state index in [4.69, 9.17) is 18.8 Å². The van der Waals surface area contributed by atoms with Gasteiger partial charge in [0, 0.05) is 27.1 Å². The number of furan rings is 2. The molecule has 5 nitrogen and oxygen atoms in total. The van der Waals surface area contributed by atoms with Gasteiger partial charge in [-0.1, -0.05) is 84.9 Å². The number of hydrogen-bond donors (Lipinski definition) is 0. The second-order valence-electron chi connectivity index (χ2n) is 9.80. The van der Waals surface area contributed by atoms with E-state index in [-0.39, 0.29) is 0 Å². The molecule has 0 amide bonds. The monoisotopic (exact) mass is 501 g/mol. The molecule has 182 valence electrons. The molecule has 0 saturated carbocycles. The first-order chi connectivity index (χ1) is 19.3. The first-order valence-electron chi connectivity index (χ1n) is 12.9. The Morgan fingerprint density at radius 1 is 0.487 bits per heavy atom. The summed E-state index contributed by atoms with van der Waals surface area (Å²) in [6.07, 6.45) is 0. The summed E-state index contributed by atoms with van der Waals surface area (Å²) in [4.78, 5) is 10.4. The Bertz CT molecular complexity index is 2340. The Hall–Kier alpha value is -5.42. The molecule has 0 radical (unpaired) electrons. The molecular weight excluding hydrogens is 482 g/mol. The van der Waals surface area contributed by atoms with Crippen molar-refractivity contribution in [2.75, 3.05) is 0 Å². The molecule has 0 aliphatic rings. The highest BCUT2D eigenvalue weighted by atomic mass is 16.3. The lowest BCUT2D eigenvalue weighted by Crippen LogP contribution is -2.02. The molecule has 0 fully saturated rings. The highest BCUT2D eigenvalue weighted by Gasteiger charge is 2.23. The van der Waals surface area contributed by atoms with E-state index in [1.165, 1.54) is 10.8 Å². The lowest BCUT2D eigenvalue weighted by molar-refractivity contribution is 0.662. The van der Waals surface area contributed by atoms with E-state index < -0.39 is 0 Å². The van der Waals surface area contributed by atoms with Crippen molar-refractivity contribution in [1.29, 1.82) is 0 Å². The molecule has 5 aromatic carbocycles. The minimum Gasteiger partial charge on any atom is -0.456 e. The minimum atomic E-state index is 0.610. The van der Waals surface area contributed by atoms with Crippen molar-refractivity contribution < 1.29 is 8.83 Å². The molecule has 9 aromatic rings. The van der Waals surface area contributed by atoms with Crippen LogP contribution in [0.15, 0.2) is 124 Å². The molecule has 0 aliphatic heterocycles. The molecule has 0 N–H and O–H groups in total. The third-order valence-electron chi connectivity index (χ3n) is 7.64. The molecule has 0 aliphatic carbocycles. The zero-order chi connectivity index (χ0) is 25.5. The van der Waals surface area contributed by atoms with Crippen molar-refractivity contribution >= 4 is 65.8 Å². The lowest BCUT2D eigenvalue weighted by atomic mass is 10.1. The number of fused-ring (bicyclic) bond motifs is 10. The summed E-state index contributed by atoms with van der Waals surface area (Å²) in [5.74, 6) is 0.610. The highest BCUT2D eigenvalue weighted by Crippen LogP contribution is 2.41. The normalized spacial score (nSPS) is 12.1. The summed E-state index contributed by atoms with van der Waals surface area (Å²) in [6.45, 7) is 0. The van der Waals surface area contributed by atoms with Crippen molar-refractivity contribution in [2.45, 2.75) is 0 Å². The highest BCUT2D eigenvalue weighted by molar-refractivity contribution is 6.22. The van der Waals surface area contributed by atoms with Crippen LogP contribution in [-0.4, -0.2) is 14.5 Å². The third kappa shape index (κ3) is 2.79. The van der Waals surface area contributed by atoms with Crippen LogP contribution in [0.1, 0.15) is 0 Å². The maximum Gasteiger partial charge on any atom is 0.236 e. The predicted molar refractivity (Wildman–Crippen MR) is 156 cm³/mol. The molecule has 0 spiro atoms. The fraction of sp³-hybridized carbons (Fsp3) is 0. The van der Waals surface area contributed by atoms with Gasteiger partial charge < -0.3 is 8.83 Å². The summed E-state index contributed by atoms with van der Waals surface area (Å²) < 4.78 is 15.0. The van der Waals surface area contributed by atoms with E-state index in [1.807, 2.05) is 48.5 Å². The smallest absolute Gasteiger partial charge is 0.236 e. The zero-order valence-electron chi connectivity index (χ0n) is 20.6. The summed E-state index contributed by atoms with van der Waals surface area (Å²) in [5, 5.41) is 5.25. The summed E-state index contributed by atoms with van der Waals surface area (Å²) in [5.41, 5.74) is 7.69. The maximum atomic E-state index is 6.67. The van der Waals surface area contributed by atoms with E-state index in [1.54, 1.807) is 0 Å². The standard InChI is InChI=1S/C34H19N3O2/c1-2-10-20(11-3-1)30-33-31(24-18-19-28-29(32(24)39-33)23-14-6-9-17-27(23)38-28)36-34(35-30)37-25-15-7-4-12-21(25)22-13-5-8-16-26(22)37/h1-19H. The minimum absolute atomic E-state index is 0.610. The van der Waals surface area contributed by atoms with Crippen molar-refractivity contribution in [3.8, 4) is 17.2 Å². The maximum absolute atomic E-state index is 6.67. The number of benzene rings is 5. The van der Waals surface area contributed by atoms with Crippen LogP contribution in [0.5, 0.6) is 0 Å². The molecule has 0 atom stereocenters. The van der Waals surface area contributed by atoms with Crippen molar-refractivity contribution in [3.05, 3.63) is 115 Å². The molecule has 5 heteroatoms. The third-order valence-corrected chi connectivity index (χ3v) is 7.64. The summed E-state index contributed by atoms with van der Waals surface area (Å²) >= 11 is 0. The van der Waals surface area contributed by atoms with E-state index >= 15 is 0 Å². The van der Waals surface area contributed by atoms with Gasteiger partial charge in [0.05, 0.1) is 16.4 Å². The Morgan fingerprint density at radius 3 is 1.92 bits per heavy atom. The van der Waals surface area contributed by atoms with Crippen LogP contribution in [0.4, 0.5) is 0 Å². The average molecular weight is 502 g/mol. The van der Waals surface area contributed by atoms with E-state index in [0.29, 0.717) is 11.5 Å². The first kappa shape index (κ1) is 20.6. The molecule has 9 rings (SSSR count). The lowest BCUT2D eigenvalue weighted by Gasteiger charge is -2.09. The van der Waals surface area contributed by atoms with Crippen LogP contribution < -0.4 is 0 Å². The Kier molecular flexibility index (Phi) is 3.99. The van der Waals surface area contributed by atoms with E-state index in [0.717, 1.165) is 60.7 Å². The second kappa shape index (κ2) is 7.55. The SMILES string of the molecule is c1ccc(-c2nc(-n3c4ccccc4c4ccccc43)nc3c2oc2c3ccc3oc4ccccc4c32)cc1. The Labute approximate surface area is 221 Å². The van der Waals surface area contributed by atoms with Gasteiger partial charge in [-0.15, -0.1) is 0 Å². The van der Waals surface area contributed by atoms with Crippen LogP contribution in [0.2, 0.25) is 0 Å². The quantitative estimate of drug-likeness (QED) is 0.237. The van der Waals surface area contributed by atoms with E-state index in [9.17, 15) is 0 Å². The van der Waals surface area contributed by atoms with Gasteiger partial charge in [0.1, 0.15) is 28.0 Å². The Morgan fingerprint density at radius 2 is 1.15 bits per heavy atom. The van der Waals surface area contributed by atoms with Crippen molar-refractivity contribution in [3.63, 3.8) is 0 Å². The van der Waals surface area contributed by atoms with Gasteiger partial charge in [-0.25, -0.2) is 9.97 Å². The number of hydrogen-bond acceptors (Lipinski definition) is 4. The number of nitrogens with zero attached hydrogens (tertiary/aromatic N) is 3. The van der Waals surface area contributed by atoms with E-state index in [2.05, 4.69) is 71.3 Å². The largest absolute Gasteiger partial charge is 0.456 e. The molecule has 39 heavy (non-hydrogen) atoms. The zero-order valence-corrected chi connectivity index (χ0v) is 20.6. The fourth-order valence-electron chi connectivity index (χ4n) is 5.93. The van der Waals surface area contributed by atoms with Gasteiger partial charge in [-0.05, 0) is 30.3 Å². The predicted octanol–water partition coefficient (Wildman–Crippen LogP) is 9.04.